The van der Waals surface area contributed by atoms with Crippen molar-refractivity contribution in [3.8, 4) is 17.2 Å². The predicted molar refractivity (Wildman–Crippen MR) is 144 cm³/mol. The Morgan fingerprint density at radius 1 is 1.07 bits per heavy atom. The molecular formula is C26H26ClF3N9O2+. The molecule has 0 atom stereocenters. The minimum absolute atomic E-state index is 0.00645. The van der Waals surface area contributed by atoms with Crippen molar-refractivity contribution in [3.63, 3.8) is 0 Å². The summed E-state index contributed by atoms with van der Waals surface area (Å²) in [6.45, 7) is 2.87. The van der Waals surface area contributed by atoms with Crippen LogP contribution in [-0.2, 0) is 13.2 Å². The minimum Gasteiger partial charge on any atom is -0.327 e. The lowest BCUT2D eigenvalue weighted by Crippen LogP contribution is -2.56. The third-order valence-corrected chi connectivity index (χ3v) is 7.21. The number of alkyl halides is 3. The Bertz CT molecular complexity index is 1610. The molecule has 11 nitrogen and oxygen atoms in total. The van der Waals surface area contributed by atoms with Gasteiger partial charge in [-0.05, 0) is 24.3 Å². The van der Waals surface area contributed by atoms with E-state index in [0.29, 0.717) is 24.3 Å². The fourth-order valence-corrected chi connectivity index (χ4v) is 4.75. The van der Waals surface area contributed by atoms with Gasteiger partial charge in [0.15, 0.2) is 11.5 Å². The van der Waals surface area contributed by atoms with E-state index < -0.39 is 17.8 Å². The first kappa shape index (κ1) is 28.2. The van der Waals surface area contributed by atoms with E-state index >= 15 is 0 Å². The number of piperazine rings is 1. The van der Waals surface area contributed by atoms with Gasteiger partial charge in [0.25, 0.3) is 11.8 Å². The van der Waals surface area contributed by atoms with Crippen LogP contribution in [0.5, 0.6) is 0 Å². The van der Waals surface area contributed by atoms with E-state index in [1.807, 2.05) is 0 Å². The molecule has 1 aliphatic heterocycles. The number of amides is 2. The van der Waals surface area contributed by atoms with Crippen LogP contribution < -0.4 is 5.32 Å². The number of anilines is 1. The summed E-state index contributed by atoms with van der Waals surface area (Å²) in [6, 6.07) is 6.05. The zero-order chi connectivity index (χ0) is 29.5. The van der Waals surface area contributed by atoms with Gasteiger partial charge in [-0.25, -0.2) is 19.6 Å². The number of rotatable bonds is 5. The molecule has 4 aromatic rings. The highest BCUT2D eigenvalue weighted by atomic mass is 35.5. The first-order chi connectivity index (χ1) is 19.3. The number of halogens is 4. The number of quaternary nitrogens is 1. The molecule has 2 amide bonds. The van der Waals surface area contributed by atoms with Gasteiger partial charge in [0, 0.05) is 31.3 Å². The number of likely N-dealkylation sites (N-methyl/N-ethyl adjacent to an activating group) is 1. The fourth-order valence-electron chi connectivity index (χ4n) is 4.49. The van der Waals surface area contributed by atoms with Gasteiger partial charge in [-0.3, -0.25) is 9.59 Å². The topological polar surface area (TPSA) is 111 Å². The van der Waals surface area contributed by atoms with Gasteiger partial charge in [-0.15, -0.1) is 0 Å². The average molecular weight is 589 g/mol. The smallest absolute Gasteiger partial charge is 0.327 e. The fraction of sp³-hybridized carbons (Fsp3) is 0.308. The van der Waals surface area contributed by atoms with Crippen LogP contribution in [0.3, 0.4) is 0 Å². The molecule has 41 heavy (non-hydrogen) atoms. The zero-order valence-electron chi connectivity index (χ0n) is 22.4. The molecule has 1 N–H and O–H groups in total. The molecule has 0 aliphatic carbocycles. The number of carbonyl (C=O) groups excluding carboxylic acids is 2. The van der Waals surface area contributed by atoms with Crippen LogP contribution in [-0.4, -0.2) is 90.8 Å². The molecule has 0 radical (unpaired) electrons. The molecule has 15 heteroatoms. The molecule has 0 unspecified atom stereocenters. The molecule has 0 saturated carbocycles. The molecule has 1 saturated heterocycles. The second kappa shape index (κ2) is 10.6. The largest absolute Gasteiger partial charge is 0.435 e. The van der Waals surface area contributed by atoms with E-state index in [2.05, 4.69) is 39.5 Å². The van der Waals surface area contributed by atoms with Gasteiger partial charge in [0.2, 0.25) is 5.95 Å². The Kier molecular flexibility index (Phi) is 7.30. The van der Waals surface area contributed by atoms with Crippen LogP contribution in [0.15, 0.2) is 49.1 Å². The van der Waals surface area contributed by atoms with Crippen LogP contribution in [0.2, 0.25) is 5.02 Å². The van der Waals surface area contributed by atoms with E-state index in [4.69, 9.17) is 11.6 Å². The first-order valence-electron chi connectivity index (χ1n) is 12.5. The van der Waals surface area contributed by atoms with Crippen LogP contribution in [0, 0.1) is 0 Å². The molecule has 1 aromatic carbocycles. The Hall–Kier alpha value is -4.30. The van der Waals surface area contributed by atoms with Crippen LogP contribution in [0.1, 0.15) is 26.7 Å². The van der Waals surface area contributed by atoms with Crippen molar-refractivity contribution in [2.75, 3.05) is 45.6 Å². The third-order valence-electron chi connectivity index (χ3n) is 6.90. The minimum atomic E-state index is -4.79. The van der Waals surface area contributed by atoms with E-state index in [1.165, 1.54) is 48.3 Å². The maximum absolute atomic E-state index is 13.9. The van der Waals surface area contributed by atoms with Crippen molar-refractivity contribution in [1.82, 2.24) is 34.2 Å². The summed E-state index contributed by atoms with van der Waals surface area (Å²) in [5.74, 6) is -1.07. The lowest BCUT2D eigenvalue weighted by atomic mass is 10.1. The summed E-state index contributed by atoms with van der Waals surface area (Å²) in [5.41, 5.74) is -0.863. The third kappa shape index (κ3) is 5.79. The molecule has 1 fully saturated rings. The highest BCUT2D eigenvalue weighted by molar-refractivity contribution is 6.34. The number of benzene rings is 1. The highest BCUT2D eigenvalue weighted by Crippen LogP contribution is 2.36. The Labute approximate surface area is 237 Å². The number of nitrogens with one attached hydrogen (secondary N) is 1. The van der Waals surface area contributed by atoms with E-state index in [9.17, 15) is 22.8 Å². The van der Waals surface area contributed by atoms with Crippen molar-refractivity contribution in [2.45, 2.75) is 6.18 Å². The summed E-state index contributed by atoms with van der Waals surface area (Å²) in [6.07, 6.45) is 0.263. The second-order valence-electron chi connectivity index (χ2n) is 10.2. The summed E-state index contributed by atoms with van der Waals surface area (Å²) in [7, 11) is 5.64. The van der Waals surface area contributed by atoms with E-state index in [0.717, 1.165) is 34.6 Å². The Morgan fingerprint density at radius 2 is 1.76 bits per heavy atom. The number of aromatic nitrogens is 6. The van der Waals surface area contributed by atoms with Crippen molar-refractivity contribution >= 4 is 29.1 Å². The summed E-state index contributed by atoms with van der Waals surface area (Å²) in [5, 5.41) is 6.45. The van der Waals surface area contributed by atoms with Crippen LogP contribution in [0.25, 0.3) is 17.2 Å². The number of hydrogen-bond donors (Lipinski definition) is 1. The number of hydrogen-bond acceptors (Lipinski definition) is 6. The molecular weight excluding hydrogens is 563 g/mol. The predicted octanol–water partition coefficient (Wildman–Crippen LogP) is 3.52. The molecule has 4 heterocycles. The maximum Gasteiger partial charge on any atom is 0.435 e. The zero-order valence-corrected chi connectivity index (χ0v) is 23.1. The van der Waals surface area contributed by atoms with E-state index in [1.54, 1.807) is 4.90 Å². The van der Waals surface area contributed by atoms with Gasteiger partial charge < -0.3 is 19.3 Å². The van der Waals surface area contributed by atoms with Gasteiger partial charge in [-0.1, -0.05) is 11.6 Å². The summed E-state index contributed by atoms with van der Waals surface area (Å²) >= 11 is 6.41. The molecule has 0 bridgehead atoms. The Balaban J connectivity index is 1.36. The second-order valence-corrected chi connectivity index (χ2v) is 10.6. The molecule has 214 valence electrons. The van der Waals surface area contributed by atoms with E-state index in [-0.39, 0.29) is 34.0 Å². The van der Waals surface area contributed by atoms with Crippen molar-refractivity contribution < 1.29 is 27.2 Å². The first-order valence-corrected chi connectivity index (χ1v) is 12.9. The van der Waals surface area contributed by atoms with Crippen molar-refractivity contribution in [3.05, 3.63) is 71.2 Å². The Morgan fingerprint density at radius 3 is 2.39 bits per heavy atom. The molecule has 0 spiro atoms. The number of nitrogens with zero attached hydrogens (tertiary/aromatic N) is 8. The SMILES string of the molecule is Cn1c(-c2cn(-c3ncccn3)nc2C(F)(F)F)cnc1C(=O)Nc1ccc(C(=O)N2CC[N+](C)(C)CC2)c(Cl)c1. The average Bonchev–Trinajstić information content (AvgIpc) is 3.53. The van der Waals surface area contributed by atoms with Gasteiger partial charge >= 0.3 is 6.18 Å². The van der Waals surface area contributed by atoms with Crippen LogP contribution in [0.4, 0.5) is 18.9 Å². The quantitative estimate of drug-likeness (QED) is 0.357. The lowest BCUT2D eigenvalue weighted by Gasteiger charge is -2.39. The lowest BCUT2D eigenvalue weighted by molar-refractivity contribution is -0.894. The number of imidazole rings is 1. The standard InChI is InChI=1S/C26H25ClF3N9O2/c1-36-20(18-15-38(25-31-7-4-8-32-25)35-21(18)26(28,29)30)14-33-22(36)23(40)34-16-5-6-17(19(27)13-16)24(41)37-9-11-39(2,3)12-10-37/h4-8,13-15H,9-12H2,1-3H3/p+1. The van der Waals surface area contributed by atoms with Gasteiger partial charge in [-0.2, -0.15) is 18.3 Å². The molecule has 5 rings (SSSR count). The van der Waals surface area contributed by atoms with Crippen molar-refractivity contribution in [1.29, 1.82) is 0 Å². The summed E-state index contributed by atoms with van der Waals surface area (Å²) in [4.78, 5) is 39.7. The maximum atomic E-state index is 13.9. The number of carbonyl (C=O) groups is 2. The normalized spacial score (nSPS) is 15.1. The van der Waals surface area contributed by atoms with Crippen molar-refractivity contribution in [2.24, 2.45) is 7.05 Å². The van der Waals surface area contributed by atoms with Gasteiger partial charge in [0.05, 0.1) is 68.3 Å². The van der Waals surface area contributed by atoms with Gasteiger partial charge in [0.1, 0.15) is 0 Å². The molecule has 3 aromatic heterocycles. The summed E-state index contributed by atoms with van der Waals surface area (Å²) < 4.78 is 44.6. The monoisotopic (exact) mass is 588 g/mol. The van der Waals surface area contributed by atoms with Crippen LogP contribution >= 0.6 is 11.6 Å². The molecule has 1 aliphatic rings. The highest BCUT2D eigenvalue weighted by Gasteiger charge is 2.39.